The Kier molecular flexibility index (Phi) is 5.75. The van der Waals surface area contributed by atoms with Crippen molar-refractivity contribution in [3.8, 4) is 33.1 Å². The minimum Gasteiger partial charge on any atom is -0.358 e. The summed E-state index contributed by atoms with van der Waals surface area (Å²) in [5, 5.41) is 15.5. The third-order valence-electron chi connectivity index (χ3n) is 6.77. The molecule has 0 fully saturated rings. The van der Waals surface area contributed by atoms with Crippen LogP contribution in [0.2, 0.25) is 0 Å². The lowest BCUT2D eigenvalue weighted by Gasteiger charge is -2.11. The minimum absolute atomic E-state index is 0.742. The van der Waals surface area contributed by atoms with Gasteiger partial charge in [-0.05, 0) is 41.3 Å². The van der Waals surface area contributed by atoms with E-state index < -0.39 is 0 Å². The second kappa shape index (κ2) is 9.70. The Morgan fingerprint density at radius 2 is 1.79 bits per heavy atom. The van der Waals surface area contributed by atoms with Gasteiger partial charge < -0.3 is 10.3 Å². The summed E-state index contributed by atoms with van der Waals surface area (Å²) in [4.78, 5) is 14.0. The van der Waals surface area contributed by atoms with E-state index in [0.717, 1.165) is 56.9 Å². The molecule has 0 radical (unpaired) electrons. The standard InChI is InChI=1S/C32H24N6S/c1-20(13-21-7-3-2-4-8-21)35-23-14-22(17-33-18-23)28-16-26-30(19-34-28)37-38-32(26)29-15-25-24(31-11-6-12-39-31)9-5-10-27(25)36-29/h2-12,14-19,35-36H,1,13H2,(H,37,38). The second-order valence-electron chi connectivity index (χ2n) is 9.47. The quantitative estimate of drug-likeness (QED) is 0.197. The molecule has 7 rings (SSSR count). The molecular weight excluding hydrogens is 500 g/mol. The highest BCUT2D eigenvalue weighted by Gasteiger charge is 2.15. The van der Waals surface area contributed by atoms with Crippen molar-refractivity contribution in [1.82, 2.24) is 25.1 Å². The van der Waals surface area contributed by atoms with Crippen LogP contribution in [0.25, 0.3) is 54.9 Å². The van der Waals surface area contributed by atoms with Gasteiger partial charge in [0.25, 0.3) is 0 Å². The third-order valence-corrected chi connectivity index (χ3v) is 7.67. The fraction of sp³-hybridized carbons (Fsp3) is 0.0312. The number of hydrogen-bond donors (Lipinski definition) is 3. The van der Waals surface area contributed by atoms with E-state index in [1.165, 1.54) is 21.4 Å². The average molecular weight is 525 g/mol. The molecule has 5 aromatic heterocycles. The summed E-state index contributed by atoms with van der Waals surface area (Å²) >= 11 is 1.74. The zero-order chi connectivity index (χ0) is 26.2. The number of rotatable bonds is 7. The number of aromatic nitrogens is 5. The molecule has 5 heterocycles. The van der Waals surface area contributed by atoms with E-state index in [1.54, 1.807) is 17.5 Å². The Hall–Kier alpha value is -5.01. The van der Waals surface area contributed by atoms with Gasteiger partial charge >= 0.3 is 0 Å². The van der Waals surface area contributed by atoms with Gasteiger partial charge in [-0.15, -0.1) is 11.3 Å². The van der Waals surface area contributed by atoms with Gasteiger partial charge in [-0.1, -0.05) is 55.1 Å². The number of anilines is 1. The predicted molar refractivity (Wildman–Crippen MR) is 161 cm³/mol. The van der Waals surface area contributed by atoms with Crippen LogP contribution < -0.4 is 5.32 Å². The van der Waals surface area contributed by atoms with E-state index in [2.05, 4.69) is 92.0 Å². The normalized spacial score (nSPS) is 11.3. The lowest BCUT2D eigenvalue weighted by atomic mass is 10.1. The SMILES string of the molecule is C=C(Cc1ccccc1)Nc1cncc(-c2cc3c(-c4cc5c(-c6cccs6)cccc5[nH]4)n[nH]c3cn2)c1. The Bertz CT molecular complexity index is 1930. The molecule has 0 aliphatic rings. The maximum atomic E-state index is 4.69. The minimum atomic E-state index is 0.742. The number of benzene rings is 2. The van der Waals surface area contributed by atoms with Crippen molar-refractivity contribution in [2.45, 2.75) is 6.42 Å². The number of nitrogens with zero attached hydrogens (tertiary/aromatic N) is 3. The molecule has 0 atom stereocenters. The molecule has 0 aliphatic heterocycles. The lowest BCUT2D eigenvalue weighted by molar-refractivity contribution is 1.11. The van der Waals surface area contributed by atoms with Gasteiger partial charge in [0.05, 0.1) is 35.0 Å². The first-order chi connectivity index (χ1) is 19.2. The van der Waals surface area contributed by atoms with Crippen molar-refractivity contribution in [3.63, 3.8) is 0 Å². The van der Waals surface area contributed by atoms with Gasteiger partial charge in [0.2, 0.25) is 0 Å². The van der Waals surface area contributed by atoms with Crippen LogP contribution in [-0.4, -0.2) is 25.1 Å². The van der Waals surface area contributed by atoms with Crippen molar-refractivity contribution in [1.29, 1.82) is 0 Å². The van der Waals surface area contributed by atoms with Crippen LogP contribution in [0.3, 0.4) is 0 Å². The van der Waals surface area contributed by atoms with E-state index in [9.17, 15) is 0 Å². The van der Waals surface area contributed by atoms with Crippen molar-refractivity contribution in [2.24, 2.45) is 0 Å². The molecule has 2 aromatic carbocycles. The van der Waals surface area contributed by atoms with E-state index in [0.29, 0.717) is 0 Å². The zero-order valence-corrected chi connectivity index (χ0v) is 21.8. The van der Waals surface area contributed by atoms with Crippen LogP contribution in [0.4, 0.5) is 5.69 Å². The van der Waals surface area contributed by atoms with Gasteiger partial charge in [-0.2, -0.15) is 5.10 Å². The molecule has 39 heavy (non-hydrogen) atoms. The first kappa shape index (κ1) is 23.1. The Balaban J connectivity index is 1.21. The lowest BCUT2D eigenvalue weighted by Crippen LogP contribution is -2.02. The van der Waals surface area contributed by atoms with E-state index in [1.807, 2.05) is 36.7 Å². The van der Waals surface area contributed by atoms with Crippen LogP contribution in [0.5, 0.6) is 0 Å². The highest BCUT2D eigenvalue weighted by atomic mass is 32.1. The molecule has 188 valence electrons. The van der Waals surface area contributed by atoms with Gasteiger partial charge in [0, 0.05) is 50.6 Å². The summed E-state index contributed by atoms with van der Waals surface area (Å²) in [5.41, 5.74) is 9.73. The van der Waals surface area contributed by atoms with Crippen LogP contribution in [0.1, 0.15) is 5.56 Å². The summed E-state index contributed by atoms with van der Waals surface area (Å²) in [7, 11) is 0. The average Bonchev–Trinajstić information content (AvgIpc) is 3.73. The molecule has 0 aliphatic carbocycles. The highest BCUT2D eigenvalue weighted by Crippen LogP contribution is 2.36. The summed E-state index contributed by atoms with van der Waals surface area (Å²) in [6, 6.07) is 27.2. The van der Waals surface area contributed by atoms with E-state index >= 15 is 0 Å². The molecule has 3 N–H and O–H groups in total. The largest absolute Gasteiger partial charge is 0.358 e. The molecule has 0 unspecified atom stereocenters. The highest BCUT2D eigenvalue weighted by molar-refractivity contribution is 7.13. The molecule has 0 spiro atoms. The van der Waals surface area contributed by atoms with E-state index in [-0.39, 0.29) is 0 Å². The van der Waals surface area contributed by atoms with Crippen molar-refractivity contribution in [2.75, 3.05) is 5.32 Å². The molecule has 7 aromatic rings. The van der Waals surface area contributed by atoms with Gasteiger partial charge in [0.1, 0.15) is 5.69 Å². The number of pyridine rings is 2. The summed E-state index contributed by atoms with van der Waals surface area (Å²) < 4.78 is 0. The van der Waals surface area contributed by atoms with Crippen LogP contribution in [0.15, 0.2) is 115 Å². The van der Waals surface area contributed by atoms with Gasteiger partial charge in [-0.3, -0.25) is 15.1 Å². The maximum Gasteiger partial charge on any atom is 0.116 e. The van der Waals surface area contributed by atoms with Crippen molar-refractivity contribution in [3.05, 3.63) is 121 Å². The number of thiophene rings is 1. The van der Waals surface area contributed by atoms with Crippen LogP contribution in [0, 0.1) is 0 Å². The molecule has 7 heteroatoms. The van der Waals surface area contributed by atoms with Crippen LogP contribution >= 0.6 is 11.3 Å². The Morgan fingerprint density at radius 3 is 2.67 bits per heavy atom. The van der Waals surface area contributed by atoms with E-state index in [4.69, 9.17) is 4.98 Å². The second-order valence-corrected chi connectivity index (χ2v) is 10.4. The summed E-state index contributed by atoms with van der Waals surface area (Å²) in [6.07, 6.45) is 6.20. The molecular formula is C32H24N6S. The zero-order valence-electron chi connectivity index (χ0n) is 21.0. The smallest absolute Gasteiger partial charge is 0.116 e. The third kappa shape index (κ3) is 4.49. The van der Waals surface area contributed by atoms with Crippen molar-refractivity contribution < 1.29 is 0 Å². The number of aromatic amines is 2. The Morgan fingerprint density at radius 1 is 0.872 bits per heavy atom. The molecule has 0 amide bonds. The molecule has 0 saturated heterocycles. The van der Waals surface area contributed by atoms with Gasteiger partial charge in [-0.25, -0.2) is 0 Å². The number of fused-ring (bicyclic) bond motifs is 2. The molecule has 0 bridgehead atoms. The Labute approximate surface area is 229 Å². The fourth-order valence-electron chi connectivity index (χ4n) is 4.95. The first-order valence-electron chi connectivity index (χ1n) is 12.7. The first-order valence-corrected chi connectivity index (χ1v) is 13.5. The number of hydrogen-bond acceptors (Lipinski definition) is 5. The number of H-pyrrole nitrogens is 2. The fourth-order valence-corrected chi connectivity index (χ4v) is 5.71. The van der Waals surface area contributed by atoms with Gasteiger partial charge in [0.15, 0.2) is 0 Å². The molecule has 6 nitrogen and oxygen atoms in total. The number of nitrogens with one attached hydrogen (secondary N) is 3. The van der Waals surface area contributed by atoms with Crippen molar-refractivity contribution >= 4 is 38.8 Å². The molecule has 0 saturated carbocycles. The monoisotopic (exact) mass is 524 g/mol. The predicted octanol–water partition coefficient (Wildman–Crippen LogP) is 8.07. The number of allylic oxidation sites excluding steroid dienone is 1. The maximum absolute atomic E-state index is 4.69. The topological polar surface area (TPSA) is 82.3 Å². The summed E-state index contributed by atoms with van der Waals surface area (Å²) in [6.45, 7) is 4.20. The summed E-state index contributed by atoms with van der Waals surface area (Å²) in [5.74, 6) is 0. The van der Waals surface area contributed by atoms with Crippen LogP contribution in [-0.2, 0) is 6.42 Å².